The molecule has 3 aliphatic rings. The molecule has 5 nitrogen and oxygen atoms in total. The summed E-state index contributed by atoms with van der Waals surface area (Å²) in [5, 5.41) is 2.46. The molecule has 3 saturated heterocycles. The smallest absolute Gasteiger partial charge is 0.234 e. The molecular formula is C22H31N3O2. The minimum absolute atomic E-state index is 0.154. The normalized spacial score (nSPS) is 29.6. The molecule has 27 heavy (non-hydrogen) atoms. The first kappa shape index (κ1) is 18.5. The van der Waals surface area contributed by atoms with Gasteiger partial charge in [-0.3, -0.25) is 14.9 Å². The largest absolute Gasteiger partial charge is 0.371 e. The van der Waals surface area contributed by atoms with E-state index >= 15 is 0 Å². The van der Waals surface area contributed by atoms with Gasteiger partial charge in [0.05, 0.1) is 5.92 Å². The second kappa shape index (κ2) is 7.27. The van der Waals surface area contributed by atoms with Crippen molar-refractivity contribution in [3.63, 3.8) is 0 Å². The number of anilines is 1. The Kier molecular flexibility index (Phi) is 4.97. The van der Waals surface area contributed by atoms with Gasteiger partial charge in [-0.2, -0.15) is 0 Å². The van der Waals surface area contributed by atoms with Gasteiger partial charge in [0.2, 0.25) is 11.8 Å². The van der Waals surface area contributed by atoms with E-state index in [0.29, 0.717) is 24.3 Å². The minimum atomic E-state index is -0.195. The topological polar surface area (TPSA) is 52.6 Å². The number of nitrogens with one attached hydrogen (secondary N) is 1. The van der Waals surface area contributed by atoms with Crippen LogP contribution in [0.4, 0.5) is 5.69 Å². The average molecular weight is 370 g/mol. The molecule has 3 heterocycles. The number of hydrogen-bond donors (Lipinski definition) is 1. The van der Waals surface area contributed by atoms with Crippen molar-refractivity contribution in [2.45, 2.75) is 57.9 Å². The monoisotopic (exact) mass is 369 g/mol. The Morgan fingerprint density at radius 1 is 1.07 bits per heavy atom. The Bertz CT molecular complexity index is 715. The summed E-state index contributed by atoms with van der Waals surface area (Å²) < 4.78 is 0. The van der Waals surface area contributed by atoms with Gasteiger partial charge in [-0.15, -0.1) is 0 Å². The molecule has 0 aliphatic carbocycles. The van der Waals surface area contributed by atoms with Gasteiger partial charge in [-0.05, 0) is 63.8 Å². The van der Waals surface area contributed by atoms with Crippen molar-refractivity contribution >= 4 is 17.5 Å². The summed E-state index contributed by atoms with van der Waals surface area (Å²) in [6, 6.07) is 9.08. The first-order valence-electron chi connectivity index (χ1n) is 10.4. The van der Waals surface area contributed by atoms with Crippen LogP contribution in [-0.2, 0) is 9.59 Å². The van der Waals surface area contributed by atoms with Crippen molar-refractivity contribution in [1.82, 2.24) is 10.2 Å². The van der Waals surface area contributed by atoms with Crippen LogP contribution in [0.15, 0.2) is 24.3 Å². The lowest BCUT2D eigenvalue weighted by molar-refractivity contribution is -0.134. The van der Waals surface area contributed by atoms with Gasteiger partial charge in [0.15, 0.2) is 0 Å². The third-order valence-corrected chi connectivity index (χ3v) is 6.76. The van der Waals surface area contributed by atoms with E-state index in [4.69, 9.17) is 0 Å². The highest BCUT2D eigenvalue weighted by Crippen LogP contribution is 2.41. The molecule has 1 N–H and O–H groups in total. The maximum absolute atomic E-state index is 12.1. The summed E-state index contributed by atoms with van der Waals surface area (Å²) in [5.74, 6) is -0.507. The number of carbonyl (C=O) groups excluding carboxylic acids is 2. The lowest BCUT2D eigenvalue weighted by Gasteiger charge is -2.42. The maximum atomic E-state index is 12.1. The number of benzene rings is 1. The Morgan fingerprint density at radius 2 is 1.85 bits per heavy atom. The lowest BCUT2D eigenvalue weighted by atomic mass is 9.79. The molecule has 1 spiro atoms. The number of rotatable bonds is 3. The zero-order chi connectivity index (χ0) is 19.0. The van der Waals surface area contributed by atoms with Gasteiger partial charge < -0.3 is 9.80 Å². The Labute approximate surface area is 162 Å². The predicted octanol–water partition coefficient (Wildman–Crippen LogP) is 2.91. The summed E-state index contributed by atoms with van der Waals surface area (Å²) in [6.45, 7) is 9.31. The number of likely N-dealkylation sites (tertiary alicyclic amines) is 1. The Morgan fingerprint density at radius 3 is 2.56 bits per heavy atom. The van der Waals surface area contributed by atoms with E-state index < -0.39 is 0 Å². The fourth-order valence-corrected chi connectivity index (χ4v) is 5.10. The third kappa shape index (κ3) is 3.75. The number of nitrogens with zero attached hydrogens (tertiary/aromatic N) is 2. The number of hydrogen-bond acceptors (Lipinski definition) is 4. The van der Waals surface area contributed by atoms with E-state index in [0.717, 1.165) is 18.7 Å². The van der Waals surface area contributed by atoms with Crippen LogP contribution in [0.3, 0.4) is 0 Å². The quantitative estimate of drug-likeness (QED) is 0.833. The van der Waals surface area contributed by atoms with Crippen LogP contribution in [0, 0.1) is 5.41 Å². The number of carbonyl (C=O) groups is 2. The molecule has 4 rings (SSSR count). The van der Waals surface area contributed by atoms with Crippen LogP contribution >= 0.6 is 0 Å². The van der Waals surface area contributed by atoms with E-state index in [2.05, 4.69) is 53.2 Å². The van der Waals surface area contributed by atoms with Crippen LogP contribution in [0.1, 0.15) is 57.4 Å². The molecule has 5 heteroatoms. The fourth-order valence-electron chi connectivity index (χ4n) is 5.10. The summed E-state index contributed by atoms with van der Waals surface area (Å²) in [7, 11) is 0. The van der Waals surface area contributed by atoms with Gasteiger partial charge in [0.25, 0.3) is 0 Å². The van der Waals surface area contributed by atoms with E-state index in [1.807, 2.05) is 0 Å². The highest BCUT2D eigenvalue weighted by atomic mass is 16.2. The first-order valence-corrected chi connectivity index (χ1v) is 10.4. The number of imide groups is 1. The van der Waals surface area contributed by atoms with Gasteiger partial charge >= 0.3 is 0 Å². The second-order valence-electron chi connectivity index (χ2n) is 8.93. The summed E-state index contributed by atoms with van der Waals surface area (Å²) in [4.78, 5) is 28.6. The average Bonchev–Trinajstić information content (AvgIpc) is 3.05. The lowest BCUT2D eigenvalue weighted by Crippen LogP contribution is -2.47. The van der Waals surface area contributed by atoms with E-state index in [1.165, 1.54) is 38.0 Å². The molecule has 0 radical (unpaired) electrons. The van der Waals surface area contributed by atoms with E-state index in [1.54, 1.807) is 0 Å². The Hall–Kier alpha value is -1.88. The van der Waals surface area contributed by atoms with E-state index in [9.17, 15) is 9.59 Å². The highest BCUT2D eigenvalue weighted by Gasteiger charge is 2.41. The molecule has 1 aromatic rings. The molecule has 0 bridgehead atoms. The van der Waals surface area contributed by atoms with Gasteiger partial charge in [-0.1, -0.05) is 12.1 Å². The zero-order valence-corrected chi connectivity index (χ0v) is 16.5. The number of amides is 2. The standard InChI is InChI=1S/C22H31N3O2/c1-16(2)24-12-3-10-22(14-24)11-13-25(15-22)18-6-4-17(5-7-18)19-8-9-20(26)23-21(19)27/h4-7,16,19H,3,8-15H2,1-2H3,(H,23,26,27). The number of piperidine rings is 2. The molecule has 1 aromatic carbocycles. The molecular weight excluding hydrogens is 338 g/mol. The summed E-state index contributed by atoms with van der Waals surface area (Å²) in [5.41, 5.74) is 2.70. The van der Waals surface area contributed by atoms with Crippen molar-refractivity contribution in [2.24, 2.45) is 5.41 Å². The van der Waals surface area contributed by atoms with Gasteiger partial charge in [0.1, 0.15) is 0 Å². The van der Waals surface area contributed by atoms with Crippen molar-refractivity contribution < 1.29 is 9.59 Å². The second-order valence-corrected chi connectivity index (χ2v) is 8.93. The molecule has 0 aromatic heterocycles. The summed E-state index contributed by atoms with van der Waals surface area (Å²) >= 11 is 0. The minimum Gasteiger partial charge on any atom is -0.371 e. The SMILES string of the molecule is CC(C)N1CCCC2(CCN(c3ccc(C4CCC(=O)NC4=O)cc3)C2)C1. The predicted molar refractivity (Wildman–Crippen MR) is 107 cm³/mol. The molecule has 2 amide bonds. The van der Waals surface area contributed by atoms with Crippen LogP contribution < -0.4 is 10.2 Å². The van der Waals surface area contributed by atoms with Crippen molar-refractivity contribution in [2.75, 3.05) is 31.1 Å². The highest BCUT2D eigenvalue weighted by molar-refractivity contribution is 6.00. The van der Waals surface area contributed by atoms with Crippen molar-refractivity contribution in [3.8, 4) is 0 Å². The van der Waals surface area contributed by atoms with Crippen molar-refractivity contribution in [3.05, 3.63) is 29.8 Å². The molecule has 146 valence electrons. The van der Waals surface area contributed by atoms with Gasteiger partial charge in [0, 0.05) is 43.2 Å². The molecule has 3 fully saturated rings. The molecule has 2 atom stereocenters. The molecule has 0 saturated carbocycles. The van der Waals surface area contributed by atoms with Crippen LogP contribution in [0.2, 0.25) is 0 Å². The maximum Gasteiger partial charge on any atom is 0.234 e. The third-order valence-electron chi connectivity index (χ3n) is 6.76. The van der Waals surface area contributed by atoms with Crippen molar-refractivity contribution in [1.29, 1.82) is 0 Å². The van der Waals surface area contributed by atoms with Gasteiger partial charge in [-0.25, -0.2) is 0 Å². The summed E-state index contributed by atoms with van der Waals surface area (Å²) in [6.07, 6.45) is 4.95. The molecule has 2 unspecified atom stereocenters. The molecule has 3 aliphatic heterocycles. The zero-order valence-electron chi connectivity index (χ0n) is 16.5. The fraction of sp³-hybridized carbons (Fsp3) is 0.636. The first-order chi connectivity index (χ1) is 13.0. The Balaban J connectivity index is 1.43. The van der Waals surface area contributed by atoms with Crippen LogP contribution in [-0.4, -0.2) is 48.9 Å². The van der Waals surface area contributed by atoms with E-state index in [-0.39, 0.29) is 17.7 Å². The van der Waals surface area contributed by atoms with Crippen LogP contribution in [0.5, 0.6) is 0 Å². The van der Waals surface area contributed by atoms with Crippen LogP contribution in [0.25, 0.3) is 0 Å².